The summed E-state index contributed by atoms with van der Waals surface area (Å²) in [6, 6.07) is 4.47. The van der Waals surface area contributed by atoms with E-state index in [0.717, 1.165) is 0 Å². The van der Waals surface area contributed by atoms with E-state index in [9.17, 15) is 4.79 Å². The molecule has 0 saturated carbocycles. The van der Waals surface area contributed by atoms with Gasteiger partial charge in [-0.25, -0.2) is 0 Å². The third-order valence-corrected chi connectivity index (χ3v) is 2.50. The van der Waals surface area contributed by atoms with Gasteiger partial charge in [-0.15, -0.1) is 0 Å². The van der Waals surface area contributed by atoms with Gasteiger partial charge in [0.1, 0.15) is 0 Å². The maximum atomic E-state index is 12.0. The first-order chi connectivity index (χ1) is 8.58. The third kappa shape index (κ3) is 3.90. The number of nitrogen functional groups attached to an aromatic ring is 2. The number of anilines is 2. The number of amides is 1. The van der Waals surface area contributed by atoms with Gasteiger partial charge in [0, 0.05) is 25.1 Å². The molecule has 1 amide bonds. The molecule has 0 heterocycles. The first-order valence-corrected chi connectivity index (χ1v) is 5.64. The van der Waals surface area contributed by atoms with Crippen molar-refractivity contribution >= 4 is 17.3 Å². The van der Waals surface area contributed by atoms with Gasteiger partial charge < -0.3 is 26.6 Å². The molecule has 1 aromatic rings. The number of carbonyl (C=O) groups is 1. The second-order valence-electron chi connectivity index (χ2n) is 3.98. The SMILES string of the molecule is COCC(CCO)NC(=O)c1ccc(N)cc1N. The molecule has 0 aliphatic rings. The normalized spacial score (nSPS) is 12.1. The summed E-state index contributed by atoms with van der Waals surface area (Å²) in [5.74, 6) is -0.303. The quantitative estimate of drug-likeness (QED) is 0.532. The molecule has 0 spiro atoms. The molecule has 0 aromatic heterocycles. The highest BCUT2D eigenvalue weighted by atomic mass is 16.5. The number of ether oxygens (including phenoxy) is 1. The maximum Gasteiger partial charge on any atom is 0.253 e. The van der Waals surface area contributed by atoms with Crippen molar-refractivity contribution in [2.24, 2.45) is 0 Å². The average Bonchev–Trinajstić information content (AvgIpc) is 2.29. The standard InChI is InChI=1S/C12H19N3O3/c1-18-7-9(4-5-16)15-12(17)10-3-2-8(13)6-11(10)14/h2-3,6,9,16H,4-5,7,13-14H2,1H3,(H,15,17). The van der Waals surface area contributed by atoms with Crippen molar-refractivity contribution in [2.75, 3.05) is 31.8 Å². The van der Waals surface area contributed by atoms with Crippen molar-refractivity contribution in [2.45, 2.75) is 12.5 Å². The van der Waals surface area contributed by atoms with E-state index in [1.54, 1.807) is 12.1 Å². The smallest absolute Gasteiger partial charge is 0.253 e. The van der Waals surface area contributed by atoms with E-state index in [1.807, 2.05) is 0 Å². The molecule has 6 N–H and O–H groups in total. The Balaban J connectivity index is 2.73. The monoisotopic (exact) mass is 253 g/mol. The van der Waals surface area contributed by atoms with Gasteiger partial charge in [-0.05, 0) is 24.6 Å². The van der Waals surface area contributed by atoms with Gasteiger partial charge in [0.05, 0.1) is 18.2 Å². The van der Waals surface area contributed by atoms with Gasteiger partial charge in [-0.1, -0.05) is 0 Å². The predicted octanol–water partition coefficient (Wildman–Crippen LogP) is -0.0218. The number of nitrogens with two attached hydrogens (primary N) is 2. The fourth-order valence-electron chi connectivity index (χ4n) is 1.61. The highest BCUT2D eigenvalue weighted by Crippen LogP contribution is 2.15. The van der Waals surface area contributed by atoms with Crippen molar-refractivity contribution in [1.29, 1.82) is 0 Å². The molecular formula is C12H19N3O3. The Morgan fingerprint density at radius 3 is 2.78 bits per heavy atom. The highest BCUT2D eigenvalue weighted by molar-refractivity contribution is 5.99. The first kappa shape index (κ1) is 14.3. The van der Waals surface area contributed by atoms with Crippen LogP contribution >= 0.6 is 0 Å². The first-order valence-electron chi connectivity index (χ1n) is 5.64. The van der Waals surface area contributed by atoms with Gasteiger partial charge in [-0.3, -0.25) is 4.79 Å². The lowest BCUT2D eigenvalue weighted by molar-refractivity contribution is 0.0879. The Kier molecular flexibility index (Phi) is 5.41. The van der Waals surface area contributed by atoms with Crippen LogP contribution in [0.25, 0.3) is 0 Å². The van der Waals surface area contributed by atoms with Crippen molar-refractivity contribution in [3.05, 3.63) is 23.8 Å². The number of hydrogen-bond acceptors (Lipinski definition) is 5. The van der Waals surface area contributed by atoms with Crippen molar-refractivity contribution < 1.29 is 14.6 Å². The molecule has 0 radical (unpaired) electrons. The van der Waals surface area contributed by atoms with Gasteiger partial charge in [0.2, 0.25) is 0 Å². The molecule has 0 fully saturated rings. The molecule has 6 heteroatoms. The molecule has 1 unspecified atom stereocenters. The van der Waals surface area contributed by atoms with E-state index < -0.39 is 0 Å². The summed E-state index contributed by atoms with van der Waals surface area (Å²) in [6.45, 7) is 0.312. The molecule has 0 aliphatic carbocycles. The Labute approximate surface area is 106 Å². The van der Waals surface area contributed by atoms with Crippen LogP contribution in [0.5, 0.6) is 0 Å². The minimum atomic E-state index is -0.303. The van der Waals surface area contributed by atoms with E-state index in [0.29, 0.717) is 30.0 Å². The Bertz CT molecular complexity index is 404. The number of rotatable bonds is 6. The lowest BCUT2D eigenvalue weighted by Gasteiger charge is -2.17. The zero-order chi connectivity index (χ0) is 13.5. The molecule has 0 saturated heterocycles. The van der Waals surface area contributed by atoms with E-state index in [4.69, 9.17) is 21.3 Å². The third-order valence-electron chi connectivity index (χ3n) is 2.50. The molecule has 100 valence electrons. The van der Waals surface area contributed by atoms with Crippen LogP contribution in [-0.4, -0.2) is 37.4 Å². The summed E-state index contributed by atoms with van der Waals surface area (Å²) < 4.78 is 4.97. The number of methoxy groups -OCH3 is 1. The van der Waals surface area contributed by atoms with Crippen molar-refractivity contribution in [3.63, 3.8) is 0 Å². The van der Waals surface area contributed by atoms with E-state index in [2.05, 4.69) is 5.32 Å². The van der Waals surface area contributed by atoms with Crippen LogP contribution in [0.1, 0.15) is 16.8 Å². The van der Waals surface area contributed by atoms with Crippen LogP contribution in [0.2, 0.25) is 0 Å². The molecular weight excluding hydrogens is 234 g/mol. The fourth-order valence-corrected chi connectivity index (χ4v) is 1.61. The fraction of sp³-hybridized carbons (Fsp3) is 0.417. The second kappa shape index (κ2) is 6.83. The van der Waals surface area contributed by atoms with Crippen LogP contribution in [0.15, 0.2) is 18.2 Å². The number of benzene rings is 1. The number of hydrogen-bond donors (Lipinski definition) is 4. The topological polar surface area (TPSA) is 111 Å². The number of nitrogens with one attached hydrogen (secondary N) is 1. The Hall–Kier alpha value is -1.79. The average molecular weight is 253 g/mol. The van der Waals surface area contributed by atoms with Gasteiger partial charge >= 0.3 is 0 Å². The number of aliphatic hydroxyl groups is 1. The van der Waals surface area contributed by atoms with E-state index in [-0.39, 0.29) is 18.6 Å². The Morgan fingerprint density at radius 1 is 1.50 bits per heavy atom. The summed E-state index contributed by atoms with van der Waals surface area (Å²) in [5, 5.41) is 11.6. The van der Waals surface area contributed by atoms with E-state index in [1.165, 1.54) is 13.2 Å². The summed E-state index contributed by atoms with van der Waals surface area (Å²) in [6.07, 6.45) is 0.425. The summed E-state index contributed by atoms with van der Waals surface area (Å²) >= 11 is 0. The zero-order valence-corrected chi connectivity index (χ0v) is 10.3. The predicted molar refractivity (Wildman–Crippen MR) is 70.1 cm³/mol. The van der Waals surface area contributed by atoms with Gasteiger partial charge in [-0.2, -0.15) is 0 Å². The summed E-state index contributed by atoms with van der Waals surface area (Å²) in [5.41, 5.74) is 12.5. The molecule has 1 aromatic carbocycles. The minimum absolute atomic E-state index is 0.0223. The van der Waals surface area contributed by atoms with Crippen LogP contribution in [-0.2, 0) is 4.74 Å². The maximum absolute atomic E-state index is 12.0. The van der Waals surface area contributed by atoms with Gasteiger partial charge in [0.25, 0.3) is 5.91 Å². The number of aliphatic hydroxyl groups excluding tert-OH is 1. The molecule has 18 heavy (non-hydrogen) atoms. The van der Waals surface area contributed by atoms with Gasteiger partial charge in [0.15, 0.2) is 0 Å². The largest absolute Gasteiger partial charge is 0.399 e. The molecule has 0 bridgehead atoms. The van der Waals surface area contributed by atoms with Crippen molar-refractivity contribution in [3.8, 4) is 0 Å². The van der Waals surface area contributed by atoms with Crippen molar-refractivity contribution in [1.82, 2.24) is 5.32 Å². The second-order valence-corrected chi connectivity index (χ2v) is 3.98. The molecule has 0 aliphatic heterocycles. The molecule has 6 nitrogen and oxygen atoms in total. The van der Waals surface area contributed by atoms with Crippen LogP contribution < -0.4 is 16.8 Å². The van der Waals surface area contributed by atoms with Crippen LogP contribution in [0.4, 0.5) is 11.4 Å². The van der Waals surface area contributed by atoms with Crippen LogP contribution in [0.3, 0.4) is 0 Å². The number of carbonyl (C=O) groups excluding carboxylic acids is 1. The lowest BCUT2D eigenvalue weighted by atomic mass is 10.1. The van der Waals surface area contributed by atoms with E-state index >= 15 is 0 Å². The minimum Gasteiger partial charge on any atom is -0.399 e. The summed E-state index contributed by atoms with van der Waals surface area (Å²) in [4.78, 5) is 12.0. The summed E-state index contributed by atoms with van der Waals surface area (Å²) in [7, 11) is 1.54. The lowest BCUT2D eigenvalue weighted by Crippen LogP contribution is -2.39. The highest BCUT2D eigenvalue weighted by Gasteiger charge is 2.15. The zero-order valence-electron chi connectivity index (χ0n) is 10.3. The Morgan fingerprint density at radius 2 is 2.22 bits per heavy atom. The van der Waals surface area contributed by atoms with Crippen LogP contribution in [0, 0.1) is 0 Å². The molecule has 1 atom stereocenters. The molecule has 1 rings (SSSR count).